The van der Waals surface area contributed by atoms with Gasteiger partial charge in [0.25, 0.3) is 0 Å². The first-order valence-electron chi connectivity index (χ1n) is 8.07. The highest BCUT2D eigenvalue weighted by molar-refractivity contribution is 5.65. The fourth-order valence-corrected chi connectivity index (χ4v) is 3.12. The summed E-state index contributed by atoms with van der Waals surface area (Å²) in [4.78, 5) is 9.05. The summed E-state index contributed by atoms with van der Waals surface area (Å²) in [5.41, 5.74) is 3.58. The first kappa shape index (κ1) is 14.8. The molecule has 1 aromatic carbocycles. The van der Waals surface area contributed by atoms with E-state index >= 15 is 0 Å². The van der Waals surface area contributed by atoms with Gasteiger partial charge in [-0.3, -0.25) is 0 Å². The van der Waals surface area contributed by atoms with E-state index in [0.717, 1.165) is 23.1 Å². The molecule has 0 spiro atoms. The van der Waals surface area contributed by atoms with Crippen LogP contribution in [0.4, 0.5) is 17.3 Å². The molecule has 1 aliphatic rings. The van der Waals surface area contributed by atoms with E-state index in [2.05, 4.69) is 52.6 Å². The Labute approximate surface area is 132 Å². The van der Waals surface area contributed by atoms with E-state index in [-0.39, 0.29) is 0 Å². The summed E-state index contributed by atoms with van der Waals surface area (Å²) in [7, 11) is 0. The van der Waals surface area contributed by atoms with Gasteiger partial charge in [0.05, 0.1) is 0 Å². The predicted molar refractivity (Wildman–Crippen MR) is 91.8 cm³/mol. The van der Waals surface area contributed by atoms with Crippen molar-refractivity contribution >= 4 is 17.3 Å². The summed E-state index contributed by atoms with van der Waals surface area (Å²) in [6.45, 7) is 6.16. The second kappa shape index (κ2) is 6.34. The van der Waals surface area contributed by atoms with E-state index in [1.807, 2.05) is 13.0 Å². The molecule has 0 saturated heterocycles. The van der Waals surface area contributed by atoms with Gasteiger partial charge >= 0.3 is 0 Å². The molecule has 1 aromatic heterocycles. The maximum absolute atomic E-state index is 4.52. The molecule has 22 heavy (non-hydrogen) atoms. The Morgan fingerprint density at radius 3 is 2.27 bits per heavy atom. The molecule has 4 heteroatoms. The van der Waals surface area contributed by atoms with Crippen molar-refractivity contribution < 1.29 is 0 Å². The standard InChI is InChI=1S/C18H24N4/c1-12-7-6-8-13(2)18(12)22-17-11-16(19-14(3)20-17)21-15-9-4-5-10-15/h6-8,11,15H,4-5,9-10H2,1-3H3,(H2,19,20,21,22). The van der Waals surface area contributed by atoms with Crippen molar-refractivity contribution in [2.45, 2.75) is 52.5 Å². The highest BCUT2D eigenvalue weighted by atomic mass is 15.1. The van der Waals surface area contributed by atoms with E-state index in [0.29, 0.717) is 6.04 Å². The Morgan fingerprint density at radius 1 is 0.955 bits per heavy atom. The summed E-state index contributed by atoms with van der Waals surface area (Å²) < 4.78 is 0. The lowest BCUT2D eigenvalue weighted by atomic mass is 10.1. The molecule has 0 aliphatic heterocycles. The van der Waals surface area contributed by atoms with Crippen LogP contribution < -0.4 is 10.6 Å². The fraction of sp³-hybridized carbons (Fsp3) is 0.444. The van der Waals surface area contributed by atoms with Crippen LogP contribution in [0.3, 0.4) is 0 Å². The van der Waals surface area contributed by atoms with Gasteiger partial charge in [-0.25, -0.2) is 9.97 Å². The number of rotatable bonds is 4. The van der Waals surface area contributed by atoms with Gasteiger partial charge in [-0.2, -0.15) is 0 Å². The molecule has 2 aromatic rings. The summed E-state index contributed by atoms with van der Waals surface area (Å²) in [5.74, 6) is 2.57. The van der Waals surface area contributed by atoms with Crippen molar-refractivity contribution in [1.29, 1.82) is 0 Å². The highest BCUT2D eigenvalue weighted by Crippen LogP contribution is 2.26. The lowest BCUT2D eigenvalue weighted by molar-refractivity contribution is 0.748. The van der Waals surface area contributed by atoms with E-state index < -0.39 is 0 Å². The Bertz CT molecular complexity index is 640. The molecule has 1 fully saturated rings. The molecule has 1 aliphatic carbocycles. The monoisotopic (exact) mass is 296 g/mol. The third-order valence-corrected chi connectivity index (χ3v) is 4.28. The molecule has 116 valence electrons. The smallest absolute Gasteiger partial charge is 0.136 e. The number of nitrogens with zero attached hydrogens (tertiary/aromatic N) is 2. The predicted octanol–water partition coefficient (Wildman–Crippen LogP) is 4.50. The van der Waals surface area contributed by atoms with Gasteiger partial charge in [0.2, 0.25) is 0 Å². The van der Waals surface area contributed by atoms with E-state index in [1.54, 1.807) is 0 Å². The molecule has 0 radical (unpaired) electrons. The summed E-state index contributed by atoms with van der Waals surface area (Å²) >= 11 is 0. The molecule has 2 N–H and O–H groups in total. The quantitative estimate of drug-likeness (QED) is 0.872. The third-order valence-electron chi connectivity index (χ3n) is 4.28. The number of aryl methyl sites for hydroxylation is 3. The van der Waals surface area contributed by atoms with Crippen molar-refractivity contribution in [1.82, 2.24) is 9.97 Å². The SMILES string of the molecule is Cc1nc(Nc2c(C)cccc2C)cc(NC2CCCC2)n1. The van der Waals surface area contributed by atoms with Gasteiger partial charge in [0.15, 0.2) is 0 Å². The van der Waals surface area contributed by atoms with Crippen molar-refractivity contribution in [2.24, 2.45) is 0 Å². The van der Waals surface area contributed by atoms with E-state index in [1.165, 1.54) is 36.8 Å². The fourth-order valence-electron chi connectivity index (χ4n) is 3.12. The third kappa shape index (κ3) is 3.38. The van der Waals surface area contributed by atoms with Crippen molar-refractivity contribution in [3.8, 4) is 0 Å². The second-order valence-electron chi connectivity index (χ2n) is 6.20. The normalized spacial score (nSPS) is 15.0. The molecule has 1 saturated carbocycles. The maximum atomic E-state index is 4.52. The lowest BCUT2D eigenvalue weighted by Gasteiger charge is -2.16. The Morgan fingerprint density at radius 2 is 1.59 bits per heavy atom. The van der Waals surface area contributed by atoms with Crippen LogP contribution in [-0.4, -0.2) is 16.0 Å². The lowest BCUT2D eigenvalue weighted by Crippen LogP contribution is -2.16. The zero-order chi connectivity index (χ0) is 15.5. The van der Waals surface area contributed by atoms with Crippen LogP contribution in [0.2, 0.25) is 0 Å². The zero-order valence-corrected chi connectivity index (χ0v) is 13.6. The molecule has 0 atom stereocenters. The van der Waals surface area contributed by atoms with Crippen molar-refractivity contribution in [2.75, 3.05) is 10.6 Å². The maximum Gasteiger partial charge on any atom is 0.136 e. The van der Waals surface area contributed by atoms with Gasteiger partial charge in [-0.15, -0.1) is 0 Å². The van der Waals surface area contributed by atoms with Crippen LogP contribution in [-0.2, 0) is 0 Å². The van der Waals surface area contributed by atoms with Gasteiger partial charge < -0.3 is 10.6 Å². The van der Waals surface area contributed by atoms with E-state index in [4.69, 9.17) is 0 Å². The van der Waals surface area contributed by atoms with Gasteiger partial charge in [-0.05, 0) is 44.7 Å². The summed E-state index contributed by atoms with van der Waals surface area (Å²) in [6.07, 6.45) is 5.11. The molecular formula is C18H24N4. The minimum atomic E-state index is 0.558. The average molecular weight is 296 g/mol. The van der Waals surface area contributed by atoms with Crippen molar-refractivity contribution in [3.63, 3.8) is 0 Å². The number of nitrogens with one attached hydrogen (secondary N) is 2. The second-order valence-corrected chi connectivity index (χ2v) is 6.20. The topological polar surface area (TPSA) is 49.8 Å². The molecule has 1 heterocycles. The number of hydrogen-bond acceptors (Lipinski definition) is 4. The number of hydrogen-bond donors (Lipinski definition) is 2. The van der Waals surface area contributed by atoms with Gasteiger partial charge in [0, 0.05) is 17.8 Å². The molecule has 0 amide bonds. The minimum absolute atomic E-state index is 0.558. The van der Waals surface area contributed by atoms with Crippen LogP contribution in [0.25, 0.3) is 0 Å². The van der Waals surface area contributed by atoms with Crippen LogP contribution in [0.5, 0.6) is 0 Å². The van der Waals surface area contributed by atoms with Crippen LogP contribution in [0, 0.1) is 20.8 Å². The Hall–Kier alpha value is -2.10. The number of aromatic nitrogens is 2. The molecule has 0 unspecified atom stereocenters. The van der Waals surface area contributed by atoms with Crippen LogP contribution in [0.15, 0.2) is 24.3 Å². The van der Waals surface area contributed by atoms with Gasteiger partial charge in [0.1, 0.15) is 17.5 Å². The summed E-state index contributed by atoms with van der Waals surface area (Å²) in [5, 5.41) is 7.00. The number of benzene rings is 1. The van der Waals surface area contributed by atoms with Crippen LogP contribution in [0.1, 0.15) is 42.6 Å². The summed E-state index contributed by atoms with van der Waals surface area (Å²) in [6, 6.07) is 8.87. The average Bonchev–Trinajstić information content (AvgIpc) is 2.95. The zero-order valence-electron chi connectivity index (χ0n) is 13.6. The van der Waals surface area contributed by atoms with Crippen molar-refractivity contribution in [3.05, 3.63) is 41.2 Å². The molecule has 3 rings (SSSR count). The first-order valence-corrected chi connectivity index (χ1v) is 8.07. The van der Waals surface area contributed by atoms with E-state index in [9.17, 15) is 0 Å². The highest BCUT2D eigenvalue weighted by Gasteiger charge is 2.15. The van der Waals surface area contributed by atoms with Crippen LogP contribution >= 0.6 is 0 Å². The molecule has 4 nitrogen and oxygen atoms in total. The number of para-hydroxylation sites is 1. The minimum Gasteiger partial charge on any atom is -0.367 e. The number of anilines is 3. The largest absolute Gasteiger partial charge is 0.367 e. The Balaban J connectivity index is 1.82. The molecular weight excluding hydrogens is 272 g/mol. The van der Waals surface area contributed by atoms with Gasteiger partial charge in [-0.1, -0.05) is 31.0 Å². The molecule has 0 bridgehead atoms. The Kier molecular flexibility index (Phi) is 4.27. The first-order chi connectivity index (χ1) is 10.6.